The first-order valence-corrected chi connectivity index (χ1v) is 12.8. The van der Waals surface area contributed by atoms with E-state index in [2.05, 4.69) is 0 Å². The zero-order valence-electron chi connectivity index (χ0n) is 20.7. The van der Waals surface area contributed by atoms with E-state index < -0.39 is 0 Å². The van der Waals surface area contributed by atoms with Crippen LogP contribution in [0.5, 0.6) is 0 Å². The summed E-state index contributed by atoms with van der Waals surface area (Å²) < 4.78 is 3.37. The molecule has 0 radical (unpaired) electrons. The minimum atomic E-state index is -0.317. The molecule has 0 atom stereocenters. The van der Waals surface area contributed by atoms with Crippen LogP contribution in [0, 0.1) is 0 Å². The van der Waals surface area contributed by atoms with Crippen LogP contribution in [-0.4, -0.2) is 38.2 Å². The molecule has 1 aromatic heterocycles. The molecule has 4 aromatic rings. The Hall–Kier alpha value is -3.93. The number of carbonyl (C=O) groups excluding carboxylic acids is 1. The molecule has 1 aliphatic rings. The lowest BCUT2D eigenvalue weighted by Crippen LogP contribution is -2.41. The lowest BCUT2D eigenvalue weighted by molar-refractivity contribution is -0.133. The van der Waals surface area contributed by atoms with Gasteiger partial charge in [-0.15, -0.1) is 0 Å². The largest absolute Gasteiger partial charge is 0.346 e. The molecule has 0 unspecified atom stereocenters. The van der Waals surface area contributed by atoms with Crippen molar-refractivity contribution >= 4 is 5.91 Å². The third kappa shape index (κ3) is 4.89. The average Bonchev–Trinajstić information content (AvgIpc) is 3.25. The third-order valence-electron chi connectivity index (χ3n) is 7.13. The van der Waals surface area contributed by atoms with Gasteiger partial charge in [-0.3, -0.25) is 9.36 Å². The van der Waals surface area contributed by atoms with Crippen molar-refractivity contribution in [1.82, 2.24) is 19.2 Å². The second-order valence-corrected chi connectivity index (χ2v) is 9.38. The second-order valence-electron chi connectivity index (χ2n) is 9.38. The van der Waals surface area contributed by atoms with E-state index in [0.29, 0.717) is 26.2 Å². The highest BCUT2D eigenvalue weighted by atomic mass is 16.2. The molecule has 5 rings (SSSR count). The van der Waals surface area contributed by atoms with E-state index in [4.69, 9.17) is 5.10 Å². The van der Waals surface area contributed by atoms with Gasteiger partial charge >= 0.3 is 5.69 Å². The minimum absolute atomic E-state index is 0.0666. The lowest BCUT2D eigenvalue weighted by atomic mass is 9.88. The quantitative estimate of drug-likeness (QED) is 0.387. The molecular weight excluding hydrogens is 448 g/mol. The number of nitrogens with zero attached hydrogens (tertiary/aromatic N) is 4. The highest BCUT2D eigenvalue weighted by molar-refractivity contribution is 5.87. The Morgan fingerprint density at radius 2 is 1.39 bits per heavy atom. The lowest BCUT2D eigenvalue weighted by Gasteiger charge is -2.34. The van der Waals surface area contributed by atoms with E-state index in [0.717, 1.165) is 35.4 Å². The van der Waals surface area contributed by atoms with Crippen molar-refractivity contribution in [3.8, 4) is 0 Å². The predicted molar refractivity (Wildman–Crippen MR) is 141 cm³/mol. The Kier molecular flexibility index (Phi) is 7.12. The van der Waals surface area contributed by atoms with E-state index in [-0.39, 0.29) is 23.4 Å². The zero-order chi connectivity index (χ0) is 24.9. The summed E-state index contributed by atoms with van der Waals surface area (Å²) in [7, 11) is 0. The van der Waals surface area contributed by atoms with Gasteiger partial charge in [0.25, 0.3) is 0 Å². The molecule has 0 bridgehead atoms. The molecule has 1 aliphatic heterocycles. The molecule has 0 spiro atoms. The Bertz CT molecular complexity index is 1300. The molecular formula is C30H32N4O2. The van der Waals surface area contributed by atoms with Crippen LogP contribution in [0.4, 0.5) is 0 Å². The molecule has 36 heavy (non-hydrogen) atoms. The first-order chi connectivity index (χ1) is 17.7. The van der Waals surface area contributed by atoms with Crippen molar-refractivity contribution in [3.05, 3.63) is 124 Å². The van der Waals surface area contributed by atoms with Crippen molar-refractivity contribution < 1.29 is 4.79 Å². The topological polar surface area (TPSA) is 60.1 Å². The van der Waals surface area contributed by atoms with Crippen LogP contribution in [0.25, 0.3) is 0 Å². The zero-order valence-corrected chi connectivity index (χ0v) is 20.7. The summed E-state index contributed by atoms with van der Waals surface area (Å²) in [6, 6.07) is 30.0. The molecule has 184 valence electrons. The minimum Gasteiger partial charge on any atom is -0.342 e. The van der Waals surface area contributed by atoms with Gasteiger partial charge in [-0.1, -0.05) is 91.0 Å². The SMILES string of the molecule is CCn1c(C2CCN(C(=O)C(c3ccccc3)c3ccccc3)CC2)nn(Cc2ccccc2)c1=O. The van der Waals surface area contributed by atoms with E-state index in [9.17, 15) is 9.59 Å². The van der Waals surface area contributed by atoms with Crippen LogP contribution in [0.2, 0.25) is 0 Å². The predicted octanol–water partition coefficient (Wildman–Crippen LogP) is 4.65. The monoisotopic (exact) mass is 480 g/mol. The second kappa shape index (κ2) is 10.8. The summed E-state index contributed by atoms with van der Waals surface area (Å²) in [5, 5.41) is 4.76. The standard InChI is InChI=1S/C30H32N4O2/c1-2-33-28(31-34(30(33)36)22-23-12-6-3-7-13-23)26-18-20-32(21-19-26)29(35)27(24-14-8-4-9-15-24)25-16-10-5-11-17-25/h3-17,26-27H,2,18-22H2,1H3. The summed E-state index contributed by atoms with van der Waals surface area (Å²) in [6.07, 6.45) is 1.59. The normalized spacial score (nSPS) is 14.3. The van der Waals surface area contributed by atoms with Crippen LogP contribution in [-0.2, 0) is 17.9 Å². The van der Waals surface area contributed by atoms with Gasteiger partial charge in [-0.05, 0) is 36.5 Å². The number of benzene rings is 3. The van der Waals surface area contributed by atoms with Crippen molar-refractivity contribution in [2.75, 3.05) is 13.1 Å². The van der Waals surface area contributed by atoms with Crippen molar-refractivity contribution in [1.29, 1.82) is 0 Å². The van der Waals surface area contributed by atoms with Crippen LogP contribution in [0.15, 0.2) is 95.8 Å². The average molecular weight is 481 g/mol. The highest BCUT2D eigenvalue weighted by Crippen LogP contribution is 2.31. The number of hydrogen-bond donors (Lipinski definition) is 0. The Morgan fingerprint density at radius 3 is 1.92 bits per heavy atom. The van der Waals surface area contributed by atoms with Gasteiger partial charge in [0.1, 0.15) is 5.82 Å². The van der Waals surface area contributed by atoms with Crippen molar-refractivity contribution in [2.24, 2.45) is 0 Å². The summed E-state index contributed by atoms with van der Waals surface area (Å²) in [5.74, 6) is 0.815. The van der Waals surface area contributed by atoms with E-state index in [1.807, 2.05) is 103 Å². The smallest absolute Gasteiger partial charge is 0.342 e. The molecule has 6 nitrogen and oxygen atoms in total. The fourth-order valence-electron chi connectivity index (χ4n) is 5.23. The number of piperidine rings is 1. The van der Waals surface area contributed by atoms with Gasteiger partial charge < -0.3 is 4.90 Å². The van der Waals surface area contributed by atoms with E-state index >= 15 is 0 Å². The van der Waals surface area contributed by atoms with Gasteiger partial charge in [0, 0.05) is 25.6 Å². The highest BCUT2D eigenvalue weighted by Gasteiger charge is 2.32. The van der Waals surface area contributed by atoms with Gasteiger partial charge in [0.15, 0.2) is 0 Å². The van der Waals surface area contributed by atoms with Gasteiger partial charge in [-0.2, -0.15) is 5.10 Å². The summed E-state index contributed by atoms with van der Waals surface area (Å²) in [6.45, 7) is 4.35. The number of aromatic nitrogens is 3. The molecule has 0 N–H and O–H groups in total. The number of amides is 1. The Balaban J connectivity index is 1.33. The van der Waals surface area contributed by atoms with Crippen LogP contribution >= 0.6 is 0 Å². The summed E-state index contributed by atoms with van der Waals surface area (Å²) in [4.78, 5) is 28.8. The van der Waals surface area contributed by atoms with Gasteiger partial charge in [0.2, 0.25) is 5.91 Å². The summed E-state index contributed by atoms with van der Waals surface area (Å²) in [5.41, 5.74) is 3.01. The van der Waals surface area contributed by atoms with E-state index in [1.54, 1.807) is 9.25 Å². The maximum Gasteiger partial charge on any atom is 0.346 e. The maximum atomic E-state index is 13.8. The van der Waals surface area contributed by atoms with Crippen LogP contribution in [0.3, 0.4) is 0 Å². The maximum absolute atomic E-state index is 13.8. The number of carbonyl (C=O) groups is 1. The van der Waals surface area contributed by atoms with Crippen LogP contribution in [0.1, 0.15) is 54.1 Å². The molecule has 1 fully saturated rings. The van der Waals surface area contributed by atoms with Crippen LogP contribution < -0.4 is 5.69 Å². The van der Waals surface area contributed by atoms with E-state index in [1.165, 1.54) is 0 Å². The van der Waals surface area contributed by atoms with Crippen molar-refractivity contribution in [2.45, 2.75) is 44.7 Å². The third-order valence-corrected chi connectivity index (χ3v) is 7.13. The Morgan fingerprint density at radius 1 is 0.861 bits per heavy atom. The van der Waals surface area contributed by atoms with Gasteiger partial charge in [-0.25, -0.2) is 9.48 Å². The first kappa shape index (κ1) is 23.8. The fourth-order valence-corrected chi connectivity index (χ4v) is 5.23. The van der Waals surface area contributed by atoms with Crippen molar-refractivity contribution in [3.63, 3.8) is 0 Å². The molecule has 1 saturated heterocycles. The number of likely N-dealkylation sites (tertiary alicyclic amines) is 1. The molecule has 3 aromatic carbocycles. The first-order valence-electron chi connectivity index (χ1n) is 12.8. The molecule has 0 aliphatic carbocycles. The number of hydrogen-bond acceptors (Lipinski definition) is 3. The number of rotatable bonds is 7. The van der Waals surface area contributed by atoms with Gasteiger partial charge in [0.05, 0.1) is 12.5 Å². The fraction of sp³-hybridized carbons (Fsp3) is 0.300. The molecule has 1 amide bonds. The summed E-state index contributed by atoms with van der Waals surface area (Å²) >= 11 is 0. The molecule has 6 heteroatoms. The molecule has 2 heterocycles. The Labute approximate surface area is 211 Å². The molecule has 0 saturated carbocycles.